The molecular weight excluding hydrogens is 351 g/mol. The van der Waals surface area contributed by atoms with Crippen molar-refractivity contribution < 1.29 is 4.79 Å². The fourth-order valence-corrected chi connectivity index (χ4v) is 2.21. The molecule has 0 aliphatic heterocycles. The zero-order valence-corrected chi connectivity index (χ0v) is 13.6. The van der Waals surface area contributed by atoms with Crippen molar-refractivity contribution in [2.75, 3.05) is 5.32 Å². The number of amides is 1. The number of halogens is 3. The van der Waals surface area contributed by atoms with Gasteiger partial charge in [0.1, 0.15) is 0 Å². The zero-order chi connectivity index (χ0) is 15.4. The lowest BCUT2D eigenvalue weighted by Crippen LogP contribution is -2.34. The Morgan fingerprint density at radius 1 is 0.952 bits per heavy atom. The van der Waals surface area contributed by atoms with E-state index in [1.54, 1.807) is 36.4 Å². The summed E-state index contributed by atoms with van der Waals surface area (Å²) in [5, 5.41) is 6.71. The van der Waals surface area contributed by atoms with Crippen LogP contribution in [0.3, 0.4) is 0 Å². The monoisotopic (exact) mass is 358 g/mol. The average Bonchev–Trinajstić information content (AvgIpc) is 2.44. The lowest BCUT2D eigenvalue weighted by molar-refractivity contribution is 0.0978. The molecule has 2 N–H and O–H groups in total. The van der Waals surface area contributed by atoms with E-state index in [4.69, 9.17) is 47.0 Å². The van der Waals surface area contributed by atoms with Crippen molar-refractivity contribution in [3.05, 3.63) is 63.1 Å². The van der Waals surface area contributed by atoms with Crippen LogP contribution in [-0.4, -0.2) is 11.0 Å². The Kier molecular flexibility index (Phi) is 5.42. The van der Waals surface area contributed by atoms with Gasteiger partial charge in [-0.2, -0.15) is 0 Å². The normalized spacial score (nSPS) is 10.0. The minimum Gasteiger partial charge on any atom is -0.331 e. The summed E-state index contributed by atoms with van der Waals surface area (Å²) in [7, 11) is 0. The fourth-order valence-electron chi connectivity index (χ4n) is 1.53. The Bertz CT molecular complexity index is 706. The lowest BCUT2D eigenvalue weighted by atomic mass is 10.2. The Hall–Kier alpha value is -1.33. The SMILES string of the molecule is O=C(NC(=S)Nc1ccccc1Cl)c1ccc(Cl)c(Cl)c1. The highest BCUT2D eigenvalue weighted by Gasteiger charge is 2.10. The third kappa shape index (κ3) is 4.32. The summed E-state index contributed by atoms with van der Waals surface area (Å²) in [6.45, 7) is 0. The van der Waals surface area contributed by atoms with Crippen molar-refractivity contribution in [1.29, 1.82) is 0 Å². The van der Waals surface area contributed by atoms with Gasteiger partial charge in [0.05, 0.1) is 20.8 Å². The maximum Gasteiger partial charge on any atom is 0.257 e. The standard InChI is InChI=1S/C14H9Cl3N2OS/c15-9-6-5-8(7-11(9)17)13(20)19-14(21)18-12-4-2-1-3-10(12)16/h1-7H,(H2,18,19,20,21). The molecule has 108 valence electrons. The van der Waals surface area contributed by atoms with Gasteiger partial charge in [-0.3, -0.25) is 10.1 Å². The molecule has 1 amide bonds. The van der Waals surface area contributed by atoms with Crippen LogP contribution < -0.4 is 10.6 Å². The average molecular weight is 360 g/mol. The van der Waals surface area contributed by atoms with Crippen LogP contribution in [0.25, 0.3) is 0 Å². The fraction of sp³-hybridized carbons (Fsp3) is 0. The number of hydrogen-bond acceptors (Lipinski definition) is 2. The minimum atomic E-state index is -0.391. The number of benzene rings is 2. The van der Waals surface area contributed by atoms with Crippen LogP contribution in [0.4, 0.5) is 5.69 Å². The van der Waals surface area contributed by atoms with E-state index in [0.717, 1.165) is 0 Å². The highest BCUT2D eigenvalue weighted by molar-refractivity contribution is 7.80. The van der Waals surface area contributed by atoms with E-state index < -0.39 is 5.91 Å². The maximum atomic E-state index is 12.0. The minimum absolute atomic E-state index is 0.138. The summed E-state index contributed by atoms with van der Waals surface area (Å²) in [6.07, 6.45) is 0. The molecule has 0 aromatic heterocycles. The molecule has 0 spiro atoms. The molecular formula is C14H9Cl3N2OS. The highest BCUT2D eigenvalue weighted by Crippen LogP contribution is 2.23. The number of hydrogen-bond donors (Lipinski definition) is 2. The molecule has 2 aromatic carbocycles. The van der Waals surface area contributed by atoms with Crippen molar-refractivity contribution in [3.8, 4) is 0 Å². The molecule has 0 radical (unpaired) electrons. The first-order chi connectivity index (χ1) is 9.97. The third-order valence-electron chi connectivity index (χ3n) is 2.53. The summed E-state index contributed by atoms with van der Waals surface area (Å²) in [6, 6.07) is 11.6. The summed E-state index contributed by atoms with van der Waals surface area (Å²) in [5.41, 5.74) is 0.964. The van der Waals surface area contributed by atoms with Crippen LogP contribution in [-0.2, 0) is 0 Å². The van der Waals surface area contributed by atoms with Crippen molar-refractivity contribution >= 4 is 63.7 Å². The van der Waals surface area contributed by atoms with Gasteiger partial charge in [0.25, 0.3) is 5.91 Å². The van der Waals surface area contributed by atoms with Crippen LogP contribution in [0.1, 0.15) is 10.4 Å². The van der Waals surface area contributed by atoms with Gasteiger partial charge in [0.2, 0.25) is 0 Å². The molecule has 0 saturated carbocycles. The molecule has 0 saturated heterocycles. The van der Waals surface area contributed by atoms with Gasteiger partial charge in [-0.05, 0) is 42.5 Å². The molecule has 0 aliphatic rings. The molecule has 2 aromatic rings. The number of carbonyl (C=O) groups excluding carboxylic acids is 1. The molecule has 0 atom stereocenters. The summed E-state index contributed by atoms with van der Waals surface area (Å²) >= 11 is 22.7. The van der Waals surface area contributed by atoms with E-state index in [0.29, 0.717) is 26.3 Å². The first kappa shape index (κ1) is 16.0. The Morgan fingerprint density at radius 2 is 1.67 bits per heavy atom. The van der Waals surface area contributed by atoms with Crippen LogP contribution in [0.2, 0.25) is 15.1 Å². The van der Waals surface area contributed by atoms with Crippen molar-refractivity contribution in [2.24, 2.45) is 0 Å². The largest absolute Gasteiger partial charge is 0.331 e. The van der Waals surface area contributed by atoms with Gasteiger partial charge in [-0.15, -0.1) is 0 Å². The lowest BCUT2D eigenvalue weighted by Gasteiger charge is -2.11. The molecule has 0 aliphatic carbocycles. The number of anilines is 1. The zero-order valence-electron chi connectivity index (χ0n) is 10.5. The first-order valence-electron chi connectivity index (χ1n) is 5.79. The number of rotatable bonds is 2. The van der Waals surface area contributed by atoms with E-state index in [2.05, 4.69) is 10.6 Å². The van der Waals surface area contributed by atoms with E-state index in [-0.39, 0.29) is 5.11 Å². The molecule has 21 heavy (non-hydrogen) atoms. The van der Waals surface area contributed by atoms with Gasteiger partial charge in [0.15, 0.2) is 5.11 Å². The van der Waals surface area contributed by atoms with Crippen LogP contribution in [0.5, 0.6) is 0 Å². The van der Waals surface area contributed by atoms with Gasteiger partial charge in [-0.1, -0.05) is 46.9 Å². The quantitative estimate of drug-likeness (QED) is 0.759. The van der Waals surface area contributed by atoms with Crippen molar-refractivity contribution in [3.63, 3.8) is 0 Å². The van der Waals surface area contributed by atoms with Gasteiger partial charge in [0, 0.05) is 5.56 Å². The molecule has 3 nitrogen and oxygen atoms in total. The molecule has 2 rings (SSSR count). The number of para-hydroxylation sites is 1. The summed E-state index contributed by atoms with van der Waals surface area (Å²) in [5.74, 6) is -0.391. The topological polar surface area (TPSA) is 41.1 Å². The van der Waals surface area contributed by atoms with Gasteiger partial charge < -0.3 is 5.32 Å². The number of nitrogens with one attached hydrogen (secondary N) is 2. The predicted octanol–water partition coefficient (Wildman–Crippen LogP) is 4.77. The summed E-state index contributed by atoms with van der Waals surface area (Å²) < 4.78 is 0. The molecule has 0 bridgehead atoms. The van der Waals surface area contributed by atoms with Crippen LogP contribution in [0, 0.1) is 0 Å². The Balaban J connectivity index is 2.04. The first-order valence-corrected chi connectivity index (χ1v) is 7.33. The van der Waals surface area contributed by atoms with E-state index in [1.165, 1.54) is 6.07 Å². The molecule has 0 fully saturated rings. The van der Waals surface area contributed by atoms with E-state index >= 15 is 0 Å². The van der Waals surface area contributed by atoms with Crippen molar-refractivity contribution in [1.82, 2.24) is 5.32 Å². The number of thiocarbonyl (C=S) groups is 1. The van der Waals surface area contributed by atoms with Gasteiger partial charge in [-0.25, -0.2) is 0 Å². The second-order valence-electron chi connectivity index (χ2n) is 4.02. The van der Waals surface area contributed by atoms with Gasteiger partial charge >= 0.3 is 0 Å². The van der Waals surface area contributed by atoms with Crippen LogP contribution in [0.15, 0.2) is 42.5 Å². The second-order valence-corrected chi connectivity index (χ2v) is 5.65. The number of carbonyl (C=O) groups is 1. The van der Waals surface area contributed by atoms with E-state index in [9.17, 15) is 4.79 Å². The van der Waals surface area contributed by atoms with Crippen molar-refractivity contribution in [2.45, 2.75) is 0 Å². The van der Waals surface area contributed by atoms with E-state index in [1.807, 2.05) is 0 Å². The highest BCUT2D eigenvalue weighted by atomic mass is 35.5. The molecule has 7 heteroatoms. The molecule has 0 heterocycles. The van der Waals surface area contributed by atoms with Crippen LogP contribution >= 0.6 is 47.0 Å². The third-order valence-corrected chi connectivity index (χ3v) is 3.80. The Labute approximate surface area is 142 Å². The second kappa shape index (κ2) is 7.09. The molecule has 0 unspecified atom stereocenters. The smallest absolute Gasteiger partial charge is 0.257 e. The Morgan fingerprint density at radius 3 is 2.33 bits per heavy atom. The summed E-state index contributed by atoms with van der Waals surface area (Å²) in [4.78, 5) is 12.0. The predicted molar refractivity (Wildman–Crippen MR) is 91.6 cm³/mol. The maximum absolute atomic E-state index is 12.0.